The van der Waals surface area contributed by atoms with Crippen molar-refractivity contribution in [3.05, 3.63) is 0 Å². The molecule has 0 saturated heterocycles. The highest BCUT2D eigenvalue weighted by atomic mass is 32.2. The van der Waals surface area contributed by atoms with E-state index in [0.717, 1.165) is 12.5 Å². The van der Waals surface area contributed by atoms with Crippen LogP contribution in [0.15, 0.2) is 0 Å². The topological polar surface area (TPSA) is 29.3 Å². The molecule has 3 heteroatoms. The lowest BCUT2D eigenvalue weighted by molar-refractivity contribution is 0.0991. The molecule has 0 aromatic rings. The SMILES string of the molecule is CSCC(C)N(C)CC1CC(C(C)(C)C)CCC1N. The summed E-state index contributed by atoms with van der Waals surface area (Å²) < 4.78 is 0. The van der Waals surface area contributed by atoms with Crippen LogP contribution in [0.5, 0.6) is 0 Å². The molecule has 2 N–H and O–H groups in total. The van der Waals surface area contributed by atoms with Crippen LogP contribution >= 0.6 is 11.8 Å². The maximum absolute atomic E-state index is 6.38. The molecule has 0 amide bonds. The monoisotopic (exact) mass is 286 g/mol. The van der Waals surface area contributed by atoms with Crippen LogP contribution in [-0.2, 0) is 0 Å². The van der Waals surface area contributed by atoms with E-state index in [1.807, 2.05) is 11.8 Å². The van der Waals surface area contributed by atoms with Gasteiger partial charge in [0.15, 0.2) is 0 Å². The molecule has 0 spiro atoms. The second-order valence-corrected chi connectivity index (χ2v) is 8.45. The van der Waals surface area contributed by atoms with E-state index in [4.69, 9.17) is 5.73 Å². The summed E-state index contributed by atoms with van der Waals surface area (Å²) in [5.74, 6) is 2.72. The van der Waals surface area contributed by atoms with E-state index < -0.39 is 0 Å². The van der Waals surface area contributed by atoms with Crippen molar-refractivity contribution < 1.29 is 0 Å². The van der Waals surface area contributed by atoms with Crippen molar-refractivity contribution in [3.63, 3.8) is 0 Å². The largest absolute Gasteiger partial charge is 0.327 e. The Balaban J connectivity index is 2.55. The van der Waals surface area contributed by atoms with Gasteiger partial charge in [0.25, 0.3) is 0 Å². The maximum atomic E-state index is 6.38. The zero-order chi connectivity index (χ0) is 14.6. The van der Waals surface area contributed by atoms with Gasteiger partial charge in [-0.1, -0.05) is 20.8 Å². The molecule has 4 atom stereocenters. The minimum absolute atomic E-state index is 0.405. The summed E-state index contributed by atoms with van der Waals surface area (Å²) in [7, 11) is 2.26. The van der Waals surface area contributed by atoms with Gasteiger partial charge >= 0.3 is 0 Å². The lowest BCUT2D eigenvalue weighted by Crippen LogP contribution is -2.46. The standard InChI is InChI=1S/C16H34N2S/c1-12(11-19-6)18(5)10-13-9-14(16(2,3)4)7-8-15(13)17/h12-15H,7-11,17H2,1-6H3. The van der Waals surface area contributed by atoms with Crippen LogP contribution < -0.4 is 5.73 Å². The van der Waals surface area contributed by atoms with Gasteiger partial charge < -0.3 is 10.6 Å². The average Bonchev–Trinajstić information content (AvgIpc) is 2.30. The van der Waals surface area contributed by atoms with E-state index >= 15 is 0 Å². The molecule has 0 aliphatic heterocycles. The highest BCUT2D eigenvalue weighted by Crippen LogP contribution is 2.40. The Bertz CT molecular complexity index is 262. The van der Waals surface area contributed by atoms with Crippen molar-refractivity contribution in [2.24, 2.45) is 23.0 Å². The van der Waals surface area contributed by atoms with Gasteiger partial charge in [-0.3, -0.25) is 0 Å². The van der Waals surface area contributed by atoms with Crippen molar-refractivity contribution in [2.45, 2.75) is 59.0 Å². The number of nitrogens with two attached hydrogens (primary N) is 1. The van der Waals surface area contributed by atoms with E-state index in [1.165, 1.54) is 25.0 Å². The van der Waals surface area contributed by atoms with Crippen LogP contribution in [0.1, 0.15) is 47.0 Å². The fourth-order valence-electron chi connectivity index (χ4n) is 3.20. The molecule has 0 aromatic carbocycles. The summed E-state index contributed by atoms with van der Waals surface area (Å²) in [5.41, 5.74) is 6.81. The Morgan fingerprint density at radius 2 is 1.95 bits per heavy atom. The molecule has 0 radical (unpaired) electrons. The smallest absolute Gasteiger partial charge is 0.0155 e. The Morgan fingerprint density at radius 3 is 2.47 bits per heavy atom. The van der Waals surface area contributed by atoms with Gasteiger partial charge in [0.1, 0.15) is 0 Å². The summed E-state index contributed by atoms with van der Waals surface area (Å²) in [6, 6.07) is 1.06. The minimum atomic E-state index is 0.405. The van der Waals surface area contributed by atoms with E-state index in [1.54, 1.807) is 0 Å². The molecule has 4 unspecified atom stereocenters. The third kappa shape index (κ3) is 5.28. The first kappa shape index (κ1) is 17.3. The van der Waals surface area contributed by atoms with E-state index in [2.05, 4.69) is 45.9 Å². The van der Waals surface area contributed by atoms with Gasteiger partial charge in [0, 0.05) is 24.4 Å². The number of thioether (sulfide) groups is 1. The van der Waals surface area contributed by atoms with Crippen LogP contribution in [0.3, 0.4) is 0 Å². The fourth-order valence-corrected chi connectivity index (χ4v) is 3.94. The third-order valence-electron chi connectivity index (χ3n) is 4.95. The molecule has 19 heavy (non-hydrogen) atoms. The van der Waals surface area contributed by atoms with E-state index in [-0.39, 0.29) is 0 Å². The second-order valence-electron chi connectivity index (χ2n) is 7.54. The molecule has 1 aliphatic carbocycles. The summed E-state index contributed by atoms with van der Waals surface area (Å²) in [5, 5.41) is 0. The van der Waals surface area contributed by atoms with Gasteiger partial charge in [-0.15, -0.1) is 0 Å². The lowest BCUT2D eigenvalue weighted by atomic mass is 9.67. The van der Waals surface area contributed by atoms with Crippen LogP contribution in [-0.4, -0.2) is 42.6 Å². The zero-order valence-electron chi connectivity index (χ0n) is 13.8. The first-order valence-corrected chi connectivity index (χ1v) is 9.09. The first-order chi connectivity index (χ1) is 8.75. The normalized spacial score (nSPS) is 30.6. The Hall–Kier alpha value is 0.270. The molecule has 0 bridgehead atoms. The van der Waals surface area contributed by atoms with Crippen molar-refractivity contribution in [1.29, 1.82) is 0 Å². The van der Waals surface area contributed by atoms with Crippen molar-refractivity contribution in [3.8, 4) is 0 Å². The number of hydrogen-bond acceptors (Lipinski definition) is 3. The maximum Gasteiger partial charge on any atom is 0.0155 e. The van der Waals surface area contributed by atoms with E-state index in [0.29, 0.717) is 23.4 Å². The molecule has 0 heterocycles. The van der Waals surface area contributed by atoms with Crippen LogP contribution in [0.4, 0.5) is 0 Å². The van der Waals surface area contributed by atoms with Crippen LogP contribution in [0.25, 0.3) is 0 Å². The van der Waals surface area contributed by atoms with Gasteiger partial charge in [0.05, 0.1) is 0 Å². The molecule has 1 aliphatic rings. The minimum Gasteiger partial charge on any atom is -0.327 e. The first-order valence-electron chi connectivity index (χ1n) is 7.70. The molecule has 0 aromatic heterocycles. The fraction of sp³-hybridized carbons (Fsp3) is 1.00. The third-order valence-corrected chi connectivity index (χ3v) is 5.76. The van der Waals surface area contributed by atoms with Crippen molar-refractivity contribution in [2.75, 3.05) is 25.6 Å². The van der Waals surface area contributed by atoms with Crippen molar-refractivity contribution >= 4 is 11.8 Å². The molecule has 2 nitrogen and oxygen atoms in total. The zero-order valence-corrected chi connectivity index (χ0v) is 14.6. The number of rotatable bonds is 5. The summed E-state index contributed by atoms with van der Waals surface area (Å²) in [4.78, 5) is 2.51. The van der Waals surface area contributed by atoms with Gasteiger partial charge in [-0.05, 0) is 56.7 Å². The molecular weight excluding hydrogens is 252 g/mol. The van der Waals surface area contributed by atoms with Gasteiger partial charge in [0.2, 0.25) is 0 Å². The number of nitrogens with zero attached hydrogens (tertiary/aromatic N) is 1. The quantitative estimate of drug-likeness (QED) is 0.839. The molecule has 1 fully saturated rings. The molecule has 1 rings (SSSR count). The Labute approximate surface area is 124 Å². The number of hydrogen-bond donors (Lipinski definition) is 1. The van der Waals surface area contributed by atoms with Crippen LogP contribution in [0, 0.1) is 17.3 Å². The Kier molecular flexibility index (Phi) is 6.68. The van der Waals surface area contributed by atoms with Gasteiger partial charge in [-0.25, -0.2) is 0 Å². The van der Waals surface area contributed by atoms with Crippen LogP contribution in [0.2, 0.25) is 0 Å². The summed E-state index contributed by atoms with van der Waals surface area (Å²) in [6.07, 6.45) is 6.01. The average molecular weight is 287 g/mol. The Morgan fingerprint density at radius 1 is 1.32 bits per heavy atom. The lowest BCUT2D eigenvalue weighted by Gasteiger charge is -2.42. The van der Waals surface area contributed by atoms with Crippen molar-refractivity contribution in [1.82, 2.24) is 4.90 Å². The van der Waals surface area contributed by atoms with Gasteiger partial charge in [-0.2, -0.15) is 11.8 Å². The highest BCUT2D eigenvalue weighted by molar-refractivity contribution is 7.98. The van der Waals surface area contributed by atoms with E-state index in [9.17, 15) is 0 Å². The predicted octanol–water partition coefficient (Wildman–Crippen LogP) is 3.46. The summed E-state index contributed by atoms with van der Waals surface area (Å²) in [6.45, 7) is 10.6. The highest BCUT2D eigenvalue weighted by Gasteiger charge is 2.35. The summed E-state index contributed by atoms with van der Waals surface area (Å²) >= 11 is 1.93. The molecule has 114 valence electrons. The molecule has 1 saturated carbocycles. The molecular formula is C16H34N2S. The predicted molar refractivity (Wildman–Crippen MR) is 88.7 cm³/mol. The second kappa shape index (κ2) is 7.33.